The third-order valence-corrected chi connectivity index (χ3v) is 3.95. The molecular weight excluding hydrogens is 202 g/mol. The van der Waals surface area contributed by atoms with Gasteiger partial charge in [0.25, 0.3) is 0 Å². The van der Waals surface area contributed by atoms with E-state index in [0.29, 0.717) is 6.04 Å². The molecule has 0 amide bonds. The van der Waals surface area contributed by atoms with Gasteiger partial charge in [-0.05, 0) is 38.1 Å². The zero-order valence-corrected chi connectivity index (χ0v) is 11.2. The van der Waals surface area contributed by atoms with E-state index in [1.54, 1.807) is 7.11 Å². The van der Waals surface area contributed by atoms with Crippen molar-refractivity contribution >= 4 is 0 Å². The van der Waals surface area contributed by atoms with Gasteiger partial charge in [0, 0.05) is 14.2 Å². The van der Waals surface area contributed by atoms with E-state index >= 15 is 0 Å². The van der Waals surface area contributed by atoms with Crippen LogP contribution >= 0.6 is 0 Å². The first-order chi connectivity index (χ1) is 7.68. The first-order valence-electron chi connectivity index (χ1n) is 6.46. The Kier molecular flexibility index (Phi) is 5.73. The molecule has 1 rings (SSSR count). The van der Waals surface area contributed by atoms with Gasteiger partial charge in [0.1, 0.15) is 0 Å². The Morgan fingerprint density at radius 3 is 2.38 bits per heavy atom. The molecule has 16 heavy (non-hydrogen) atoms. The van der Waals surface area contributed by atoms with Crippen LogP contribution in [0.25, 0.3) is 0 Å². The number of methoxy groups -OCH3 is 2. The molecule has 1 saturated carbocycles. The highest BCUT2D eigenvalue weighted by Crippen LogP contribution is 2.36. The molecule has 1 unspecified atom stereocenters. The van der Waals surface area contributed by atoms with Crippen LogP contribution in [0.4, 0.5) is 0 Å². The van der Waals surface area contributed by atoms with Crippen LogP contribution < -0.4 is 5.32 Å². The highest BCUT2D eigenvalue weighted by Gasteiger charge is 2.41. The summed E-state index contributed by atoms with van der Waals surface area (Å²) in [6.07, 6.45) is 4.82. The maximum Gasteiger partial charge on any atom is 0.0853 e. The molecule has 0 bridgehead atoms. The van der Waals surface area contributed by atoms with E-state index in [2.05, 4.69) is 19.2 Å². The zero-order valence-electron chi connectivity index (χ0n) is 11.2. The Balaban J connectivity index is 2.67. The lowest BCUT2D eigenvalue weighted by Gasteiger charge is -2.44. The van der Waals surface area contributed by atoms with Crippen molar-refractivity contribution in [2.45, 2.75) is 51.2 Å². The van der Waals surface area contributed by atoms with Crippen LogP contribution in [0.1, 0.15) is 39.5 Å². The summed E-state index contributed by atoms with van der Waals surface area (Å²) in [6.45, 7) is 6.17. The fourth-order valence-electron chi connectivity index (χ4n) is 2.76. The molecule has 0 heterocycles. The van der Waals surface area contributed by atoms with Crippen molar-refractivity contribution in [1.82, 2.24) is 5.32 Å². The van der Waals surface area contributed by atoms with Crippen LogP contribution in [0.15, 0.2) is 0 Å². The summed E-state index contributed by atoms with van der Waals surface area (Å²) in [4.78, 5) is 0. The highest BCUT2D eigenvalue weighted by atomic mass is 16.5. The first-order valence-corrected chi connectivity index (χ1v) is 6.46. The van der Waals surface area contributed by atoms with E-state index in [0.717, 1.165) is 31.9 Å². The predicted octanol–water partition coefficient (Wildman–Crippen LogP) is 2.21. The lowest BCUT2D eigenvalue weighted by molar-refractivity contribution is -0.0884. The van der Waals surface area contributed by atoms with Crippen LogP contribution in [-0.2, 0) is 9.47 Å². The largest absolute Gasteiger partial charge is 0.383 e. The van der Waals surface area contributed by atoms with Crippen LogP contribution in [0.3, 0.4) is 0 Å². The summed E-state index contributed by atoms with van der Waals surface area (Å²) in [6, 6.07) is 0.319. The number of nitrogens with one attached hydrogen (secondary N) is 1. The summed E-state index contributed by atoms with van der Waals surface area (Å²) < 4.78 is 11.2. The maximum absolute atomic E-state index is 5.85. The van der Waals surface area contributed by atoms with Gasteiger partial charge in [0.2, 0.25) is 0 Å². The molecule has 1 aliphatic rings. The Hall–Kier alpha value is -0.120. The fraction of sp³-hybridized carbons (Fsp3) is 1.00. The normalized spacial score (nSPS) is 32.6. The van der Waals surface area contributed by atoms with Crippen LogP contribution in [-0.4, -0.2) is 39.0 Å². The molecule has 1 N–H and O–H groups in total. The first kappa shape index (κ1) is 13.9. The average Bonchev–Trinajstić information content (AvgIpc) is 2.31. The van der Waals surface area contributed by atoms with Gasteiger partial charge in [-0.3, -0.25) is 0 Å². The third kappa shape index (κ3) is 3.19. The van der Waals surface area contributed by atoms with Crippen molar-refractivity contribution in [3.8, 4) is 0 Å². The minimum Gasteiger partial charge on any atom is -0.383 e. The topological polar surface area (TPSA) is 30.5 Å². The number of rotatable bonds is 6. The number of likely N-dealkylation sites (N-methyl/N-ethyl adjacent to an activating group) is 1. The molecule has 0 aromatic heterocycles. The summed E-state index contributed by atoms with van der Waals surface area (Å²) in [5.74, 6) is 0.841. The molecule has 1 fully saturated rings. The molecule has 0 radical (unpaired) electrons. The summed E-state index contributed by atoms with van der Waals surface area (Å²) in [5.41, 5.74) is -0.0153. The average molecular weight is 229 g/mol. The lowest BCUT2D eigenvalue weighted by atomic mass is 9.75. The van der Waals surface area contributed by atoms with E-state index in [4.69, 9.17) is 9.47 Å². The highest BCUT2D eigenvalue weighted by molar-refractivity contribution is 4.96. The minimum absolute atomic E-state index is 0.0153. The quantitative estimate of drug-likeness (QED) is 0.757. The Labute approximate surface area is 99.9 Å². The van der Waals surface area contributed by atoms with E-state index in [-0.39, 0.29) is 5.60 Å². The molecule has 3 nitrogen and oxygen atoms in total. The Morgan fingerprint density at radius 1 is 1.31 bits per heavy atom. The van der Waals surface area contributed by atoms with Crippen molar-refractivity contribution in [3.05, 3.63) is 0 Å². The molecule has 1 aliphatic carbocycles. The van der Waals surface area contributed by atoms with Gasteiger partial charge in [-0.15, -0.1) is 0 Å². The van der Waals surface area contributed by atoms with Gasteiger partial charge < -0.3 is 14.8 Å². The molecule has 0 spiro atoms. The molecule has 0 saturated heterocycles. The number of hydrogen-bond donors (Lipinski definition) is 1. The van der Waals surface area contributed by atoms with Gasteiger partial charge in [-0.25, -0.2) is 0 Å². The van der Waals surface area contributed by atoms with Gasteiger partial charge in [-0.1, -0.05) is 13.8 Å². The fourth-order valence-corrected chi connectivity index (χ4v) is 2.76. The summed E-state index contributed by atoms with van der Waals surface area (Å²) in [5, 5.41) is 3.51. The summed E-state index contributed by atoms with van der Waals surface area (Å²) >= 11 is 0. The maximum atomic E-state index is 5.85. The lowest BCUT2D eigenvalue weighted by Crippen LogP contribution is -2.56. The van der Waals surface area contributed by atoms with E-state index in [9.17, 15) is 0 Å². The molecule has 3 heteroatoms. The van der Waals surface area contributed by atoms with Crippen molar-refractivity contribution in [2.24, 2.45) is 5.92 Å². The third-order valence-electron chi connectivity index (χ3n) is 3.95. The van der Waals surface area contributed by atoms with E-state index < -0.39 is 0 Å². The van der Waals surface area contributed by atoms with Crippen LogP contribution in [0.5, 0.6) is 0 Å². The smallest absolute Gasteiger partial charge is 0.0853 e. The minimum atomic E-state index is -0.0153. The second-order valence-electron chi connectivity index (χ2n) is 5.02. The SMILES string of the molecule is CCNC(COC)C1(OC)CCC(C)CC1. The number of ether oxygens (including phenoxy) is 2. The molecule has 0 aliphatic heterocycles. The van der Waals surface area contributed by atoms with Crippen LogP contribution in [0, 0.1) is 5.92 Å². The standard InChI is InChI=1S/C13H27NO2/c1-5-14-12(10-15-3)13(16-4)8-6-11(2)7-9-13/h11-12,14H,5-10H2,1-4H3. The van der Waals surface area contributed by atoms with Crippen molar-refractivity contribution < 1.29 is 9.47 Å². The van der Waals surface area contributed by atoms with Crippen molar-refractivity contribution in [1.29, 1.82) is 0 Å². The van der Waals surface area contributed by atoms with Crippen LogP contribution in [0.2, 0.25) is 0 Å². The van der Waals surface area contributed by atoms with Crippen molar-refractivity contribution in [3.63, 3.8) is 0 Å². The number of hydrogen-bond acceptors (Lipinski definition) is 3. The monoisotopic (exact) mass is 229 g/mol. The Bertz CT molecular complexity index is 182. The second-order valence-corrected chi connectivity index (χ2v) is 5.02. The zero-order chi connectivity index (χ0) is 12.0. The molecule has 1 atom stereocenters. The van der Waals surface area contributed by atoms with E-state index in [1.165, 1.54) is 12.8 Å². The predicted molar refractivity (Wildman–Crippen MR) is 66.7 cm³/mol. The van der Waals surface area contributed by atoms with Gasteiger partial charge in [0.15, 0.2) is 0 Å². The molecular formula is C13H27NO2. The Morgan fingerprint density at radius 2 is 1.94 bits per heavy atom. The molecule has 96 valence electrons. The molecule has 0 aromatic rings. The second kappa shape index (κ2) is 6.58. The van der Waals surface area contributed by atoms with Gasteiger partial charge in [0.05, 0.1) is 18.2 Å². The molecule has 0 aromatic carbocycles. The van der Waals surface area contributed by atoms with E-state index in [1.807, 2.05) is 7.11 Å². The van der Waals surface area contributed by atoms with Crippen molar-refractivity contribution in [2.75, 3.05) is 27.4 Å². The summed E-state index contributed by atoms with van der Waals surface area (Å²) in [7, 11) is 3.61. The van der Waals surface area contributed by atoms with Gasteiger partial charge in [-0.2, -0.15) is 0 Å². The van der Waals surface area contributed by atoms with Gasteiger partial charge >= 0.3 is 0 Å².